The summed E-state index contributed by atoms with van der Waals surface area (Å²) in [7, 11) is 0. The molecule has 5 heteroatoms. The number of benzene rings is 1. The summed E-state index contributed by atoms with van der Waals surface area (Å²) in [4.78, 5) is 11.8. The molecule has 1 saturated heterocycles. The van der Waals surface area contributed by atoms with Crippen LogP contribution in [0.2, 0.25) is 0 Å². The van der Waals surface area contributed by atoms with Crippen molar-refractivity contribution >= 4 is 11.6 Å². The second kappa shape index (κ2) is 7.99. The van der Waals surface area contributed by atoms with Gasteiger partial charge in [-0.25, -0.2) is 0 Å². The number of hydrogen-bond acceptors (Lipinski definition) is 4. The molecule has 1 aliphatic heterocycles. The molecule has 1 aliphatic rings. The van der Waals surface area contributed by atoms with Crippen molar-refractivity contribution in [3.8, 4) is 0 Å². The SMILES string of the molecule is NCc1ccccc1NC(=O)CCOCC1CCCO1. The lowest BCUT2D eigenvalue weighted by Gasteiger charge is -2.11. The fraction of sp³-hybridized carbons (Fsp3) is 0.533. The van der Waals surface area contributed by atoms with Crippen molar-refractivity contribution in [2.45, 2.75) is 31.9 Å². The first-order valence-corrected chi connectivity index (χ1v) is 7.07. The molecule has 1 unspecified atom stereocenters. The molecule has 1 fully saturated rings. The highest BCUT2D eigenvalue weighted by Crippen LogP contribution is 2.14. The van der Waals surface area contributed by atoms with Gasteiger partial charge in [0.2, 0.25) is 5.91 Å². The van der Waals surface area contributed by atoms with E-state index in [0.717, 1.165) is 30.7 Å². The first kappa shape index (κ1) is 15.0. The zero-order valence-electron chi connectivity index (χ0n) is 11.6. The van der Waals surface area contributed by atoms with Gasteiger partial charge in [0.15, 0.2) is 0 Å². The third kappa shape index (κ3) is 4.59. The zero-order chi connectivity index (χ0) is 14.2. The van der Waals surface area contributed by atoms with Gasteiger partial charge in [0.1, 0.15) is 0 Å². The molecule has 20 heavy (non-hydrogen) atoms. The Morgan fingerprint density at radius 1 is 1.45 bits per heavy atom. The molecule has 1 heterocycles. The summed E-state index contributed by atoms with van der Waals surface area (Å²) in [5, 5.41) is 2.86. The molecule has 1 aromatic carbocycles. The van der Waals surface area contributed by atoms with Crippen LogP contribution in [0.3, 0.4) is 0 Å². The standard InChI is InChI=1S/C15H22N2O3/c16-10-12-4-1-2-6-14(12)17-15(18)7-9-19-11-13-5-3-8-20-13/h1-2,4,6,13H,3,5,7-11,16H2,(H,17,18). The molecule has 0 bridgehead atoms. The van der Waals surface area contributed by atoms with E-state index in [1.165, 1.54) is 0 Å². The number of carbonyl (C=O) groups excluding carboxylic acids is 1. The van der Waals surface area contributed by atoms with Crippen LogP contribution in [-0.4, -0.2) is 31.8 Å². The van der Waals surface area contributed by atoms with Crippen molar-refractivity contribution in [3.63, 3.8) is 0 Å². The van der Waals surface area contributed by atoms with E-state index in [1.54, 1.807) is 0 Å². The third-order valence-electron chi connectivity index (χ3n) is 3.31. The topological polar surface area (TPSA) is 73.6 Å². The summed E-state index contributed by atoms with van der Waals surface area (Å²) in [5.74, 6) is -0.0572. The minimum absolute atomic E-state index is 0.0572. The van der Waals surface area contributed by atoms with Crippen LogP contribution in [0.15, 0.2) is 24.3 Å². The number of rotatable bonds is 7. The summed E-state index contributed by atoms with van der Waals surface area (Å²) >= 11 is 0. The second-order valence-corrected chi connectivity index (χ2v) is 4.87. The molecule has 1 atom stereocenters. The van der Waals surface area contributed by atoms with Crippen LogP contribution in [0.4, 0.5) is 5.69 Å². The van der Waals surface area contributed by atoms with Gasteiger partial charge in [0, 0.05) is 18.8 Å². The molecule has 0 aliphatic carbocycles. The molecule has 1 amide bonds. The number of nitrogens with one attached hydrogen (secondary N) is 1. The fourth-order valence-electron chi connectivity index (χ4n) is 2.19. The summed E-state index contributed by atoms with van der Waals surface area (Å²) in [6, 6.07) is 7.54. The Labute approximate surface area is 119 Å². The van der Waals surface area contributed by atoms with E-state index < -0.39 is 0 Å². The maximum Gasteiger partial charge on any atom is 0.226 e. The van der Waals surface area contributed by atoms with Crippen molar-refractivity contribution < 1.29 is 14.3 Å². The first-order valence-electron chi connectivity index (χ1n) is 7.07. The van der Waals surface area contributed by atoms with Crippen LogP contribution in [0.5, 0.6) is 0 Å². The van der Waals surface area contributed by atoms with E-state index in [4.69, 9.17) is 15.2 Å². The number of nitrogens with two attached hydrogens (primary N) is 1. The molecule has 3 N–H and O–H groups in total. The Kier molecular flexibility index (Phi) is 5.98. The van der Waals surface area contributed by atoms with Gasteiger partial charge in [-0.15, -0.1) is 0 Å². The molecule has 0 aromatic heterocycles. The van der Waals surface area contributed by atoms with E-state index in [0.29, 0.717) is 26.2 Å². The van der Waals surface area contributed by atoms with Crippen LogP contribution < -0.4 is 11.1 Å². The van der Waals surface area contributed by atoms with Crippen LogP contribution in [0.1, 0.15) is 24.8 Å². The lowest BCUT2D eigenvalue weighted by molar-refractivity contribution is -0.117. The van der Waals surface area contributed by atoms with Crippen molar-refractivity contribution in [2.75, 3.05) is 25.1 Å². The highest BCUT2D eigenvalue weighted by atomic mass is 16.5. The van der Waals surface area contributed by atoms with Gasteiger partial charge in [-0.2, -0.15) is 0 Å². The van der Waals surface area contributed by atoms with E-state index in [-0.39, 0.29) is 12.0 Å². The molecule has 0 radical (unpaired) electrons. The van der Waals surface area contributed by atoms with E-state index in [1.807, 2.05) is 24.3 Å². The molecule has 1 aromatic rings. The van der Waals surface area contributed by atoms with E-state index in [9.17, 15) is 4.79 Å². The van der Waals surface area contributed by atoms with E-state index in [2.05, 4.69) is 5.32 Å². The summed E-state index contributed by atoms with van der Waals surface area (Å²) in [6.07, 6.45) is 2.70. The summed E-state index contributed by atoms with van der Waals surface area (Å²) in [6.45, 7) is 2.22. The van der Waals surface area contributed by atoms with Gasteiger partial charge < -0.3 is 20.5 Å². The van der Waals surface area contributed by atoms with Crippen molar-refractivity contribution in [3.05, 3.63) is 29.8 Å². The minimum Gasteiger partial charge on any atom is -0.378 e. The smallest absolute Gasteiger partial charge is 0.226 e. The first-order chi connectivity index (χ1) is 9.79. The number of hydrogen-bond donors (Lipinski definition) is 2. The third-order valence-corrected chi connectivity index (χ3v) is 3.31. The molecule has 2 rings (SSSR count). The van der Waals surface area contributed by atoms with Crippen molar-refractivity contribution in [1.82, 2.24) is 0 Å². The van der Waals surface area contributed by atoms with Crippen molar-refractivity contribution in [1.29, 1.82) is 0 Å². The number of amides is 1. The Bertz CT molecular complexity index is 431. The van der Waals surface area contributed by atoms with Gasteiger partial charge in [0.25, 0.3) is 0 Å². The molecule has 0 spiro atoms. The minimum atomic E-state index is -0.0572. The molecule has 0 saturated carbocycles. The molecule has 5 nitrogen and oxygen atoms in total. The number of anilines is 1. The fourth-order valence-corrected chi connectivity index (χ4v) is 2.19. The van der Waals surface area contributed by atoms with Gasteiger partial charge in [-0.1, -0.05) is 18.2 Å². The Morgan fingerprint density at radius 2 is 2.30 bits per heavy atom. The van der Waals surface area contributed by atoms with Gasteiger partial charge >= 0.3 is 0 Å². The average molecular weight is 278 g/mol. The average Bonchev–Trinajstić information content (AvgIpc) is 2.97. The van der Waals surface area contributed by atoms with Gasteiger partial charge in [-0.3, -0.25) is 4.79 Å². The summed E-state index contributed by atoms with van der Waals surface area (Å²) < 4.78 is 10.9. The van der Waals surface area contributed by atoms with Gasteiger partial charge in [-0.05, 0) is 24.5 Å². The lowest BCUT2D eigenvalue weighted by Crippen LogP contribution is -2.19. The Balaban J connectivity index is 1.67. The maximum absolute atomic E-state index is 11.8. The van der Waals surface area contributed by atoms with Crippen LogP contribution in [0, 0.1) is 0 Å². The Hall–Kier alpha value is -1.43. The number of carbonyl (C=O) groups is 1. The van der Waals surface area contributed by atoms with Gasteiger partial charge in [0.05, 0.1) is 25.7 Å². The lowest BCUT2D eigenvalue weighted by atomic mass is 10.2. The highest BCUT2D eigenvalue weighted by Gasteiger charge is 2.15. The van der Waals surface area contributed by atoms with Crippen LogP contribution in [-0.2, 0) is 20.8 Å². The predicted octanol–water partition coefficient (Wildman–Crippen LogP) is 1.67. The Morgan fingerprint density at radius 3 is 3.05 bits per heavy atom. The molecule has 110 valence electrons. The number of ether oxygens (including phenoxy) is 2. The maximum atomic E-state index is 11.8. The second-order valence-electron chi connectivity index (χ2n) is 4.87. The normalized spacial score (nSPS) is 18.1. The quantitative estimate of drug-likeness (QED) is 0.744. The molecular weight excluding hydrogens is 256 g/mol. The summed E-state index contributed by atoms with van der Waals surface area (Å²) in [5.41, 5.74) is 7.34. The number of para-hydroxylation sites is 1. The van der Waals surface area contributed by atoms with E-state index >= 15 is 0 Å². The monoisotopic (exact) mass is 278 g/mol. The highest BCUT2D eigenvalue weighted by molar-refractivity contribution is 5.91. The predicted molar refractivity (Wildman–Crippen MR) is 77.4 cm³/mol. The largest absolute Gasteiger partial charge is 0.378 e. The zero-order valence-corrected chi connectivity index (χ0v) is 11.6. The van der Waals surface area contributed by atoms with Crippen LogP contribution in [0.25, 0.3) is 0 Å². The van der Waals surface area contributed by atoms with Crippen LogP contribution >= 0.6 is 0 Å². The molecular formula is C15H22N2O3. The van der Waals surface area contributed by atoms with Crippen molar-refractivity contribution in [2.24, 2.45) is 5.73 Å².